The van der Waals surface area contributed by atoms with Gasteiger partial charge in [0.15, 0.2) is 5.57 Å². The summed E-state index contributed by atoms with van der Waals surface area (Å²) < 4.78 is 0. The van der Waals surface area contributed by atoms with Gasteiger partial charge in [-0.25, -0.2) is 10.4 Å². The topological polar surface area (TPSA) is 122 Å². The molecule has 2 aliphatic heterocycles. The molecular weight excluding hydrogens is 384 g/mol. The number of aliphatic hydroxyl groups is 1. The second-order valence-corrected chi connectivity index (χ2v) is 9.28. The molecule has 1 aromatic heterocycles. The van der Waals surface area contributed by atoms with Crippen molar-refractivity contribution in [2.24, 2.45) is 5.41 Å². The Balaban J connectivity index is 1.69. The van der Waals surface area contributed by atoms with E-state index in [-0.39, 0.29) is 29.0 Å². The Morgan fingerprint density at radius 2 is 2.17 bits per heavy atom. The van der Waals surface area contributed by atoms with E-state index in [0.717, 1.165) is 12.8 Å². The van der Waals surface area contributed by atoms with Gasteiger partial charge >= 0.3 is 0 Å². The zero-order valence-electron chi connectivity index (χ0n) is 17.3. The number of rotatable bonds is 4. The predicted octanol–water partition coefficient (Wildman–Crippen LogP) is 1.47. The van der Waals surface area contributed by atoms with Gasteiger partial charge in [-0.3, -0.25) is 14.6 Å². The molecule has 3 heterocycles. The molecule has 2 atom stereocenters. The third-order valence-electron chi connectivity index (χ3n) is 5.46. The Morgan fingerprint density at radius 3 is 2.80 bits per heavy atom. The summed E-state index contributed by atoms with van der Waals surface area (Å²) in [4.78, 5) is 31.7. The van der Waals surface area contributed by atoms with Gasteiger partial charge in [0.05, 0.1) is 17.7 Å². The molecule has 3 aliphatic rings. The summed E-state index contributed by atoms with van der Waals surface area (Å²) >= 11 is 0. The average molecular weight is 410 g/mol. The van der Waals surface area contributed by atoms with Crippen molar-refractivity contribution in [3.8, 4) is 6.07 Å². The molecule has 2 unspecified atom stereocenters. The quantitative estimate of drug-likeness (QED) is 0.643. The van der Waals surface area contributed by atoms with Crippen molar-refractivity contribution in [1.29, 1.82) is 5.26 Å². The highest BCUT2D eigenvalue weighted by Gasteiger charge is 2.49. The number of aromatic nitrogens is 1. The van der Waals surface area contributed by atoms with Gasteiger partial charge < -0.3 is 15.3 Å². The Kier molecular flexibility index (Phi) is 4.90. The number of hydrogen-bond acceptors (Lipinski definition) is 7. The number of nitrogens with zero attached hydrogens (tertiary/aromatic N) is 4. The normalized spacial score (nSPS) is 24.0. The molecule has 2 fully saturated rings. The van der Waals surface area contributed by atoms with E-state index in [0.29, 0.717) is 24.1 Å². The number of nitrogens with one attached hydrogen (secondary N) is 2. The molecule has 1 aliphatic carbocycles. The number of nitriles is 1. The van der Waals surface area contributed by atoms with Crippen molar-refractivity contribution in [2.45, 2.75) is 58.3 Å². The Bertz CT molecular complexity index is 956. The summed E-state index contributed by atoms with van der Waals surface area (Å²) in [5.41, 5.74) is 3.86. The average Bonchev–Trinajstić information content (AvgIpc) is 3.38. The van der Waals surface area contributed by atoms with Gasteiger partial charge in [0.2, 0.25) is 5.88 Å². The van der Waals surface area contributed by atoms with Gasteiger partial charge in [0.25, 0.3) is 11.8 Å². The lowest BCUT2D eigenvalue weighted by atomic mass is 9.94. The fraction of sp³-hybridized carbons (Fsp3) is 0.524. The van der Waals surface area contributed by atoms with Crippen LogP contribution in [0, 0.1) is 16.7 Å². The lowest BCUT2D eigenvalue weighted by Crippen LogP contribution is -2.58. The van der Waals surface area contributed by atoms with Crippen LogP contribution in [0.1, 0.15) is 57.2 Å². The first-order valence-corrected chi connectivity index (χ1v) is 10.1. The van der Waals surface area contributed by atoms with Crippen LogP contribution in [0.2, 0.25) is 0 Å². The Labute approximate surface area is 175 Å². The van der Waals surface area contributed by atoms with Crippen molar-refractivity contribution < 1.29 is 14.7 Å². The van der Waals surface area contributed by atoms with Gasteiger partial charge in [-0.15, -0.1) is 0 Å². The van der Waals surface area contributed by atoms with Crippen LogP contribution in [0.5, 0.6) is 0 Å². The highest BCUT2D eigenvalue weighted by atomic mass is 16.3. The Morgan fingerprint density at radius 1 is 1.43 bits per heavy atom. The molecule has 9 nitrogen and oxygen atoms in total. The number of fused-ring (bicyclic) bond motifs is 1. The minimum Gasteiger partial charge on any atom is -0.494 e. The number of hydrazine groups is 1. The zero-order chi connectivity index (χ0) is 21.6. The summed E-state index contributed by atoms with van der Waals surface area (Å²) in [5, 5.41) is 24.6. The maximum absolute atomic E-state index is 13.2. The lowest BCUT2D eigenvalue weighted by Gasteiger charge is -2.42. The number of hydrogen-bond donors (Lipinski definition) is 3. The summed E-state index contributed by atoms with van der Waals surface area (Å²) in [6, 6.07) is 3.51. The molecule has 1 saturated heterocycles. The summed E-state index contributed by atoms with van der Waals surface area (Å²) in [7, 11) is 0. The predicted molar refractivity (Wildman–Crippen MR) is 107 cm³/mol. The molecular formula is C21H26N6O3. The van der Waals surface area contributed by atoms with Crippen molar-refractivity contribution in [2.75, 3.05) is 6.54 Å². The van der Waals surface area contributed by atoms with Gasteiger partial charge in [0, 0.05) is 37.0 Å². The molecule has 0 radical (unpaired) electrons. The van der Waals surface area contributed by atoms with Crippen molar-refractivity contribution in [3.05, 3.63) is 41.0 Å². The van der Waals surface area contributed by atoms with E-state index in [9.17, 15) is 20.0 Å². The van der Waals surface area contributed by atoms with E-state index in [1.807, 2.05) is 20.8 Å². The highest BCUT2D eigenvalue weighted by Crippen LogP contribution is 2.37. The number of aliphatic hydroxyl groups excluding tert-OH is 1. The maximum atomic E-state index is 13.2. The highest BCUT2D eigenvalue weighted by molar-refractivity contribution is 6.19. The number of carbonyl (C=O) groups excluding carboxylic acids is 2. The largest absolute Gasteiger partial charge is 0.494 e. The molecule has 30 heavy (non-hydrogen) atoms. The van der Waals surface area contributed by atoms with E-state index in [1.165, 1.54) is 5.01 Å². The molecule has 0 spiro atoms. The molecule has 1 aromatic rings. The molecule has 0 bridgehead atoms. The molecule has 158 valence electrons. The van der Waals surface area contributed by atoms with E-state index < -0.39 is 18.0 Å². The van der Waals surface area contributed by atoms with Crippen LogP contribution in [0.25, 0.3) is 0 Å². The number of amides is 2. The van der Waals surface area contributed by atoms with Crippen molar-refractivity contribution in [1.82, 2.24) is 25.6 Å². The third kappa shape index (κ3) is 3.71. The maximum Gasteiger partial charge on any atom is 0.280 e. The second-order valence-electron chi connectivity index (χ2n) is 9.28. The minimum atomic E-state index is -0.564. The second kappa shape index (κ2) is 7.29. The first kappa shape index (κ1) is 20.2. The number of pyridine rings is 1. The standard InChI is InChI=1S/C21H26N6O3/c1-21(2,3)11-26-16-8-15(14-10-23-7-6-12(14)9-22)25-27(16)20(30)17(19(26)29)18(28)24-13-4-5-13/h6-7,10,13,15-16,25,29H,4-5,8,11H2,1-3H3,(H,24,28). The van der Waals surface area contributed by atoms with Crippen LogP contribution in [0.15, 0.2) is 29.9 Å². The Hall–Kier alpha value is -3.12. The van der Waals surface area contributed by atoms with Crippen molar-refractivity contribution >= 4 is 11.8 Å². The van der Waals surface area contributed by atoms with E-state index >= 15 is 0 Å². The molecule has 1 saturated carbocycles. The fourth-order valence-electron chi connectivity index (χ4n) is 3.94. The minimum absolute atomic E-state index is 0.0623. The van der Waals surface area contributed by atoms with Gasteiger partial charge in [0.1, 0.15) is 6.17 Å². The molecule has 9 heteroatoms. The fourth-order valence-corrected chi connectivity index (χ4v) is 3.94. The van der Waals surface area contributed by atoms with Crippen LogP contribution in [0.4, 0.5) is 0 Å². The summed E-state index contributed by atoms with van der Waals surface area (Å²) in [6.07, 6.45) is 4.89. The first-order valence-electron chi connectivity index (χ1n) is 10.1. The van der Waals surface area contributed by atoms with Gasteiger partial charge in [-0.1, -0.05) is 20.8 Å². The summed E-state index contributed by atoms with van der Waals surface area (Å²) in [6.45, 7) is 6.53. The molecule has 2 amide bonds. The van der Waals surface area contributed by atoms with Crippen molar-refractivity contribution in [3.63, 3.8) is 0 Å². The van der Waals surface area contributed by atoms with Gasteiger partial charge in [-0.2, -0.15) is 5.26 Å². The van der Waals surface area contributed by atoms with Crippen LogP contribution >= 0.6 is 0 Å². The molecule has 3 N–H and O–H groups in total. The van der Waals surface area contributed by atoms with Crippen LogP contribution in [-0.4, -0.2) is 50.6 Å². The SMILES string of the molecule is CC(C)(C)CN1C(O)=C(C(=O)NC2CC2)C(=O)N2NC(c3cnccc3C#N)CC12. The monoisotopic (exact) mass is 410 g/mol. The van der Waals surface area contributed by atoms with Crippen LogP contribution in [-0.2, 0) is 9.59 Å². The smallest absolute Gasteiger partial charge is 0.280 e. The van der Waals surface area contributed by atoms with E-state index in [1.54, 1.807) is 23.4 Å². The zero-order valence-corrected chi connectivity index (χ0v) is 17.3. The lowest BCUT2D eigenvalue weighted by molar-refractivity contribution is -0.142. The van der Waals surface area contributed by atoms with E-state index in [4.69, 9.17) is 0 Å². The molecule has 4 rings (SSSR count). The first-order chi connectivity index (χ1) is 14.2. The van der Waals surface area contributed by atoms with E-state index in [2.05, 4.69) is 21.8 Å². The van der Waals surface area contributed by atoms with Crippen LogP contribution < -0.4 is 10.7 Å². The summed E-state index contributed by atoms with van der Waals surface area (Å²) in [5.74, 6) is -1.41. The number of carbonyl (C=O) groups is 2. The van der Waals surface area contributed by atoms with Crippen LogP contribution in [0.3, 0.4) is 0 Å². The van der Waals surface area contributed by atoms with Gasteiger partial charge in [-0.05, 0) is 24.3 Å². The third-order valence-corrected chi connectivity index (χ3v) is 5.46. The molecule has 0 aromatic carbocycles.